The van der Waals surface area contributed by atoms with Gasteiger partial charge in [-0.25, -0.2) is 0 Å². The first-order valence-corrected chi connectivity index (χ1v) is 5.57. The van der Waals surface area contributed by atoms with Crippen LogP contribution in [-0.4, -0.2) is 21.3 Å². The fourth-order valence-corrected chi connectivity index (χ4v) is 1.78. The van der Waals surface area contributed by atoms with Gasteiger partial charge in [-0.1, -0.05) is 18.2 Å². The van der Waals surface area contributed by atoms with Crippen LogP contribution in [0.1, 0.15) is 0 Å². The number of benzene rings is 2. The summed E-state index contributed by atoms with van der Waals surface area (Å²) >= 11 is 0. The Bertz CT molecular complexity index is 513. The normalized spacial score (nSPS) is 9.94. The predicted molar refractivity (Wildman–Crippen MR) is 70.4 cm³/mol. The standard InChI is InChI=1S/C15H15O3/c1-16-12-8-11(9-13(10-12)17-2)14-6-4-5-7-15(14)18-3/h4-9H,1-3H3. The van der Waals surface area contributed by atoms with Crippen LogP contribution >= 0.6 is 0 Å². The molecule has 0 spiro atoms. The Morgan fingerprint density at radius 2 is 1.44 bits per heavy atom. The van der Waals surface area contributed by atoms with E-state index in [-0.39, 0.29) is 0 Å². The second-order valence-electron chi connectivity index (χ2n) is 3.71. The first kappa shape index (κ1) is 12.3. The Hall–Kier alpha value is -2.16. The molecule has 0 bridgehead atoms. The maximum Gasteiger partial charge on any atom is 0.131 e. The summed E-state index contributed by atoms with van der Waals surface area (Å²) in [7, 11) is 4.87. The van der Waals surface area contributed by atoms with Crippen LogP contribution in [0.25, 0.3) is 11.1 Å². The second-order valence-corrected chi connectivity index (χ2v) is 3.71. The molecule has 3 nitrogen and oxygen atoms in total. The molecule has 2 aromatic carbocycles. The largest absolute Gasteiger partial charge is 0.496 e. The van der Waals surface area contributed by atoms with E-state index in [1.165, 1.54) is 0 Å². The van der Waals surface area contributed by atoms with Crippen molar-refractivity contribution in [1.29, 1.82) is 0 Å². The quantitative estimate of drug-likeness (QED) is 0.825. The summed E-state index contributed by atoms with van der Waals surface area (Å²) in [5.41, 5.74) is 1.96. The fraction of sp³-hybridized carbons (Fsp3) is 0.200. The highest BCUT2D eigenvalue weighted by Crippen LogP contribution is 2.34. The van der Waals surface area contributed by atoms with Crippen molar-refractivity contribution in [1.82, 2.24) is 0 Å². The van der Waals surface area contributed by atoms with Gasteiger partial charge in [0.05, 0.1) is 27.4 Å². The van der Waals surface area contributed by atoms with Crippen molar-refractivity contribution in [3.05, 3.63) is 42.5 Å². The van der Waals surface area contributed by atoms with Crippen LogP contribution in [0.15, 0.2) is 36.4 Å². The van der Waals surface area contributed by atoms with Gasteiger partial charge in [0.1, 0.15) is 17.2 Å². The van der Waals surface area contributed by atoms with Gasteiger partial charge in [0.15, 0.2) is 0 Å². The lowest BCUT2D eigenvalue weighted by atomic mass is 10.0. The SMILES string of the molecule is COc1[c]c(OC)cc(-c2ccccc2OC)c1. The van der Waals surface area contributed by atoms with E-state index in [1.54, 1.807) is 21.3 Å². The molecule has 2 rings (SSSR count). The zero-order valence-electron chi connectivity index (χ0n) is 10.7. The first-order valence-electron chi connectivity index (χ1n) is 5.57. The molecule has 0 aliphatic heterocycles. The number of methoxy groups -OCH3 is 3. The van der Waals surface area contributed by atoms with Crippen molar-refractivity contribution < 1.29 is 14.2 Å². The maximum absolute atomic E-state index is 5.35. The third-order valence-corrected chi connectivity index (χ3v) is 2.68. The van der Waals surface area contributed by atoms with Gasteiger partial charge in [-0.3, -0.25) is 0 Å². The van der Waals surface area contributed by atoms with Gasteiger partial charge in [-0.15, -0.1) is 0 Å². The van der Waals surface area contributed by atoms with Crippen molar-refractivity contribution >= 4 is 0 Å². The summed E-state index contributed by atoms with van der Waals surface area (Å²) in [5.74, 6) is 2.08. The molecular weight excluding hydrogens is 228 g/mol. The number of hydrogen-bond acceptors (Lipinski definition) is 3. The molecule has 93 valence electrons. The molecule has 0 aliphatic rings. The molecule has 0 amide bonds. The molecule has 0 N–H and O–H groups in total. The van der Waals surface area contributed by atoms with Crippen molar-refractivity contribution in [2.75, 3.05) is 21.3 Å². The minimum atomic E-state index is 0.634. The summed E-state index contributed by atoms with van der Waals surface area (Å²) in [6.45, 7) is 0. The minimum absolute atomic E-state index is 0.634. The van der Waals surface area contributed by atoms with Crippen molar-refractivity contribution in [2.45, 2.75) is 0 Å². The monoisotopic (exact) mass is 243 g/mol. The molecule has 2 aromatic rings. The molecule has 0 atom stereocenters. The lowest BCUT2D eigenvalue weighted by Gasteiger charge is -2.11. The summed E-state index contributed by atoms with van der Waals surface area (Å²) in [6.07, 6.45) is 0. The van der Waals surface area contributed by atoms with Crippen LogP contribution < -0.4 is 14.2 Å². The Morgan fingerprint density at radius 3 is 2.00 bits per heavy atom. The van der Waals surface area contributed by atoms with Crippen LogP contribution in [0, 0.1) is 6.07 Å². The highest BCUT2D eigenvalue weighted by molar-refractivity contribution is 5.72. The van der Waals surface area contributed by atoms with Crippen LogP contribution in [0.2, 0.25) is 0 Å². The van der Waals surface area contributed by atoms with Gasteiger partial charge < -0.3 is 14.2 Å². The van der Waals surface area contributed by atoms with E-state index < -0.39 is 0 Å². The molecule has 0 heterocycles. The van der Waals surface area contributed by atoms with Gasteiger partial charge >= 0.3 is 0 Å². The van der Waals surface area contributed by atoms with Crippen LogP contribution in [0.4, 0.5) is 0 Å². The van der Waals surface area contributed by atoms with E-state index in [4.69, 9.17) is 14.2 Å². The molecule has 0 aromatic heterocycles. The number of ether oxygens (including phenoxy) is 3. The third kappa shape index (κ3) is 2.40. The van der Waals surface area contributed by atoms with E-state index in [2.05, 4.69) is 6.07 Å². The zero-order valence-corrected chi connectivity index (χ0v) is 10.7. The van der Waals surface area contributed by atoms with Gasteiger partial charge in [0.25, 0.3) is 0 Å². The number of para-hydroxylation sites is 1. The number of rotatable bonds is 4. The summed E-state index contributed by atoms with van der Waals surface area (Å²) in [6, 6.07) is 14.6. The highest BCUT2D eigenvalue weighted by Gasteiger charge is 2.08. The summed E-state index contributed by atoms with van der Waals surface area (Å²) in [5, 5.41) is 0. The maximum atomic E-state index is 5.35. The van der Waals surface area contributed by atoms with E-state index in [0.29, 0.717) is 11.5 Å². The van der Waals surface area contributed by atoms with Crippen molar-refractivity contribution in [3.8, 4) is 28.4 Å². The fourth-order valence-electron chi connectivity index (χ4n) is 1.78. The number of hydrogen-bond donors (Lipinski definition) is 0. The topological polar surface area (TPSA) is 27.7 Å². The zero-order chi connectivity index (χ0) is 13.0. The highest BCUT2D eigenvalue weighted by atomic mass is 16.5. The van der Waals surface area contributed by atoms with E-state index in [1.807, 2.05) is 36.4 Å². The lowest BCUT2D eigenvalue weighted by Crippen LogP contribution is -1.91. The molecule has 0 unspecified atom stereocenters. The lowest BCUT2D eigenvalue weighted by molar-refractivity contribution is 0.393. The van der Waals surface area contributed by atoms with Crippen LogP contribution in [0.5, 0.6) is 17.2 Å². The molecule has 0 fully saturated rings. The molecular formula is C15H15O3. The minimum Gasteiger partial charge on any atom is -0.496 e. The molecule has 0 saturated heterocycles. The van der Waals surface area contributed by atoms with Gasteiger partial charge in [-0.05, 0) is 23.8 Å². The second kappa shape index (κ2) is 5.45. The molecule has 18 heavy (non-hydrogen) atoms. The molecule has 3 heteroatoms. The average molecular weight is 243 g/mol. The summed E-state index contributed by atoms with van der Waals surface area (Å²) in [4.78, 5) is 0. The van der Waals surface area contributed by atoms with E-state index in [9.17, 15) is 0 Å². The molecule has 0 saturated carbocycles. The van der Waals surface area contributed by atoms with Crippen LogP contribution in [-0.2, 0) is 0 Å². The average Bonchev–Trinajstić information content (AvgIpc) is 2.46. The van der Waals surface area contributed by atoms with E-state index in [0.717, 1.165) is 16.9 Å². The smallest absolute Gasteiger partial charge is 0.131 e. The molecule has 0 aliphatic carbocycles. The van der Waals surface area contributed by atoms with Crippen molar-refractivity contribution in [2.24, 2.45) is 0 Å². The van der Waals surface area contributed by atoms with Crippen molar-refractivity contribution in [3.63, 3.8) is 0 Å². The molecule has 1 radical (unpaired) electrons. The Morgan fingerprint density at radius 1 is 0.833 bits per heavy atom. The Kier molecular flexibility index (Phi) is 3.72. The Balaban J connectivity index is 2.55. The third-order valence-electron chi connectivity index (χ3n) is 2.68. The predicted octanol–water partition coefficient (Wildman–Crippen LogP) is 3.18. The van der Waals surface area contributed by atoms with Gasteiger partial charge in [0, 0.05) is 5.56 Å². The van der Waals surface area contributed by atoms with Crippen LogP contribution in [0.3, 0.4) is 0 Å². The van der Waals surface area contributed by atoms with Gasteiger partial charge in [0.2, 0.25) is 0 Å². The first-order chi connectivity index (χ1) is 8.78. The Labute approximate surface area is 107 Å². The summed E-state index contributed by atoms with van der Waals surface area (Å²) < 4.78 is 15.8. The van der Waals surface area contributed by atoms with Gasteiger partial charge in [-0.2, -0.15) is 0 Å². The van der Waals surface area contributed by atoms with E-state index >= 15 is 0 Å².